The van der Waals surface area contributed by atoms with Crippen LogP contribution in [0.1, 0.15) is 41.2 Å². The Morgan fingerprint density at radius 3 is 2.68 bits per heavy atom. The Kier molecular flexibility index (Phi) is 6.76. The Hall–Kier alpha value is -2.73. The van der Waals surface area contributed by atoms with Gasteiger partial charge in [0.05, 0.1) is 13.2 Å². The summed E-state index contributed by atoms with van der Waals surface area (Å²) in [5, 5.41) is 3.26. The fourth-order valence-corrected chi connectivity index (χ4v) is 3.48. The van der Waals surface area contributed by atoms with Crippen molar-refractivity contribution >= 4 is 11.7 Å². The first kappa shape index (κ1) is 20.0. The molecule has 2 aromatic rings. The fourth-order valence-electron chi connectivity index (χ4n) is 3.48. The van der Waals surface area contributed by atoms with Crippen LogP contribution in [0.25, 0.3) is 0 Å². The molecule has 1 saturated heterocycles. The second-order valence-electron chi connectivity index (χ2n) is 6.87. The molecule has 1 fully saturated rings. The zero-order valence-electron chi connectivity index (χ0n) is 16.0. The minimum atomic E-state index is -0.305. The molecule has 1 atom stereocenters. The van der Waals surface area contributed by atoms with Gasteiger partial charge in [-0.3, -0.25) is 9.59 Å². The van der Waals surface area contributed by atoms with E-state index in [2.05, 4.69) is 5.32 Å². The van der Waals surface area contributed by atoms with Gasteiger partial charge >= 0.3 is 0 Å². The minimum Gasteiger partial charge on any atom is -0.497 e. The molecule has 0 radical (unpaired) electrons. The molecule has 5 nitrogen and oxygen atoms in total. The summed E-state index contributed by atoms with van der Waals surface area (Å²) in [6.07, 6.45) is 1.10. The number of nitrogens with one attached hydrogen (secondary N) is 1. The molecule has 1 amide bonds. The van der Waals surface area contributed by atoms with Crippen LogP contribution >= 0.6 is 0 Å². The summed E-state index contributed by atoms with van der Waals surface area (Å²) in [4.78, 5) is 26.8. The maximum atomic E-state index is 13.6. The van der Waals surface area contributed by atoms with Crippen LogP contribution in [-0.2, 0) is 4.79 Å². The monoisotopic (exact) mass is 384 g/mol. The highest BCUT2D eigenvalue weighted by Gasteiger charge is 2.27. The van der Waals surface area contributed by atoms with Gasteiger partial charge in [0.15, 0.2) is 5.78 Å². The molecule has 6 heteroatoms. The van der Waals surface area contributed by atoms with Gasteiger partial charge < -0.3 is 15.0 Å². The van der Waals surface area contributed by atoms with Crippen LogP contribution < -0.4 is 10.1 Å². The number of carbonyl (C=O) groups excluding carboxylic acids is 2. The molecule has 0 aromatic heterocycles. The van der Waals surface area contributed by atoms with E-state index < -0.39 is 0 Å². The largest absolute Gasteiger partial charge is 0.497 e. The number of ketones is 1. The van der Waals surface area contributed by atoms with Gasteiger partial charge in [0.1, 0.15) is 11.6 Å². The molecular weight excluding hydrogens is 359 g/mol. The van der Waals surface area contributed by atoms with Crippen molar-refractivity contribution in [3.05, 3.63) is 65.5 Å². The molecule has 2 aromatic carbocycles. The van der Waals surface area contributed by atoms with Crippen LogP contribution in [0.5, 0.6) is 5.75 Å². The molecule has 1 aliphatic rings. The summed E-state index contributed by atoms with van der Waals surface area (Å²) in [6, 6.07) is 13.2. The number of hydrogen-bond donors (Lipinski definition) is 1. The summed E-state index contributed by atoms with van der Waals surface area (Å²) in [7, 11) is 1.58. The Morgan fingerprint density at radius 1 is 1.18 bits per heavy atom. The summed E-state index contributed by atoms with van der Waals surface area (Å²) in [5.41, 5.74) is 1.41. The number of amides is 1. The van der Waals surface area contributed by atoms with Gasteiger partial charge in [0, 0.05) is 38.0 Å². The van der Waals surface area contributed by atoms with Crippen LogP contribution in [0.4, 0.5) is 4.39 Å². The predicted molar refractivity (Wildman–Crippen MR) is 105 cm³/mol. The number of Topliss-reactive ketones (excluding diaryl/α,β-unsaturated/α-hetero) is 1. The first-order chi connectivity index (χ1) is 13.6. The van der Waals surface area contributed by atoms with Crippen molar-refractivity contribution in [3.8, 4) is 5.75 Å². The lowest BCUT2D eigenvalue weighted by atomic mass is 10.0. The minimum absolute atomic E-state index is 0.00158. The SMILES string of the molecule is COc1ccc(C(=O)CCCC(=O)N2CCNCC2c2cccc(F)c2)cc1. The maximum absolute atomic E-state index is 13.6. The van der Waals surface area contributed by atoms with E-state index in [1.807, 2.05) is 6.07 Å². The standard InChI is InChI=1S/C22H25FN2O3/c1-28-19-10-8-16(9-11-19)21(26)6-3-7-22(27)25-13-12-24-15-20(25)17-4-2-5-18(23)14-17/h2,4-5,8-11,14,20,24H,3,6-7,12-13,15H2,1H3. The molecular formula is C22H25FN2O3. The average molecular weight is 384 g/mol. The van der Waals surface area contributed by atoms with E-state index in [1.54, 1.807) is 42.3 Å². The topological polar surface area (TPSA) is 58.6 Å². The van der Waals surface area contributed by atoms with Gasteiger partial charge in [-0.05, 0) is 48.4 Å². The third-order valence-corrected chi connectivity index (χ3v) is 5.00. The summed E-state index contributed by atoms with van der Waals surface area (Å²) in [5.74, 6) is 0.408. The van der Waals surface area contributed by atoms with E-state index >= 15 is 0 Å². The molecule has 3 rings (SSSR count). The highest BCUT2D eigenvalue weighted by molar-refractivity contribution is 5.96. The van der Waals surface area contributed by atoms with Crippen LogP contribution in [0.3, 0.4) is 0 Å². The normalized spacial score (nSPS) is 16.6. The van der Waals surface area contributed by atoms with Crippen molar-refractivity contribution in [2.75, 3.05) is 26.7 Å². The van der Waals surface area contributed by atoms with Gasteiger partial charge in [0.2, 0.25) is 5.91 Å². The highest BCUT2D eigenvalue weighted by atomic mass is 19.1. The third-order valence-electron chi connectivity index (χ3n) is 5.00. The van der Waals surface area contributed by atoms with Crippen LogP contribution in [0.2, 0.25) is 0 Å². The number of piperazine rings is 1. The fraction of sp³-hybridized carbons (Fsp3) is 0.364. The first-order valence-corrected chi connectivity index (χ1v) is 9.51. The molecule has 0 aliphatic carbocycles. The van der Waals surface area contributed by atoms with E-state index in [-0.39, 0.29) is 23.5 Å². The van der Waals surface area contributed by atoms with E-state index in [9.17, 15) is 14.0 Å². The molecule has 1 aliphatic heterocycles. The Bertz CT molecular complexity index is 823. The van der Waals surface area contributed by atoms with Crippen molar-refractivity contribution in [1.29, 1.82) is 0 Å². The molecule has 1 heterocycles. The van der Waals surface area contributed by atoms with Gasteiger partial charge in [-0.1, -0.05) is 12.1 Å². The number of ether oxygens (including phenoxy) is 1. The number of carbonyl (C=O) groups is 2. The van der Waals surface area contributed by atoms with Crippen LogP contribution in [0.15, 0.2) is 48.5 Å². The third kappa shape index (κ3) is 4.95. The van der Waals surface area contributed by atoms with Crippen molar-refractivity contribution in [1.82, 2.24) is 10.2 Å². The molecule has 0 saturated carbocycles. The van der Waals surface area contributed by atoms with E-state index in [0.717, 1.165) is 5.56 Å². The zero-order valence-corrected chi connectivity index (χ0v) is 16.0. The van der Waals surface area contributed by atoms with Gasteiger partial charge in [-0.15, -0.1) is 0 Å². The molecule has 1 N–H and O–H groups in total. The van der Waals surface area contributed by atoms with Gasteiger partial charge in [0.25, 0.3) is 0 Å². The van der Waals surface area contributed by atoms with E-state index in [0.29, 0.717) is 50.2 Å². The predicted octanol–water partition coefficient (Wildman–Crippen LogP) is 3.36. The van der Waals surface area contributed by atoms with E-state index in [4.69, 9.17) is 4.74 Å². The maximum Gasteiger partial charge on any atom is 0.223 e. The lowest BCUT2D eigenvalue weighted by Crippen LogP contribution is -2.48. The van der Waals surface area contributed by atoms with E-state index in [1.165, 1.54) is 12.1 Å². The lowest BCUT2D eigenvalue weighted by molar-refractivity contribution is -0.134. The molecule has 0 spiro atoms. The van der Waals surface area contributed by atoms with Crippen molar-refractivity contribution in [3.63, 3.8) is 0 Å². The van der Waals surface area contributed by atoms with Crippen LogP contribution in [-0.4, -0.2) is 43.3 Å². The van der Waals surface area contributed by atoms with Crippen LogP contribution in [0, 0.1) is 5.82 Å². The highest BCUT2D eigenvalue weighted by Crippen LogP contribution is 2.24. The zero-order chi connectivity index (χ0) is 19.9. The van der Waals surface area contributed by atoms with Crippen molar-refractivity contribution in [2.45, 2.75) is 25.3 Å². The smallest absolute Gasteiger partial charge is 0.223 e. The number of rotatable bonds is 7. The average Bonchev–Trinajstić information content (AvgIpc) is 2.73. The number of benzene rings is 2. The van der Waals surface area contributed by atoms with Crippen molar-refractivity contribution in [2.24, 2.45) is 0 Å². The summed E-state index contributed by atoms with van der Waals surface area (Å²) >= 11 is 0. The molecule has 0 bridgehead atoms. The summed E-state index contributed by atoms with van der Waals surface area (Å²) in [6.45, 7) is 1.88. The number of nitrogens with zero attached hydrogens (tertiary/aromatic N) is 1. The summed E-state index contributed by atoms with van der Waals surface area (Å²) < 4.78 is 18.7. The lowest BCUT2D eigenvalue weighted by Gasteiger charge is -2.36. The number of methoxy groups -OCH3 is 1. The Balaban J connectivity index is 1.56. The second-order valence-corrected chi connectivity index (χ2v) is 6.87. The molecule has 148 valence electrons. The number of hydrogen-bond acceptors (Lipinski definition) is 4. The Morgan fingerprint density at radius 2 is 1.96 bits per heavy atom. The van der Waals surface area contributed by atoms with Crippen molar-refractivity contribution < 1.29 is 18.7 Å². The first-order valence-electron chi connectivity index (χ1n) is 9.51. The van der Waals surface area contributed by atoms with Gasteiger partial charge in [-0.25, -0.2) is 4.39 Å². The van der Waals surface area contributed by atoms with Gasteiger partial charge in [-0.2, -0.15) is 0 Å². The molecule has 28 heavy (non-hydrogen) atoms. The number of halogens is 1. The Labute approximate surface area is 164 Å². The second kappa shape index (κ2) is 9.46. The quantitative estimate of drug-likeness (QED) is 0.744. The molecule has 1 unspecified atom stereocenters.